The molecule has 1 fully saturated rings. The van der Waals surface area contributed by atoms with Crippen LogP contribution < -0.4 is 16.0 Å². The molecule has 4 N–H and O–H groups in total. The number of fused-ring (bicyclic) bond motifs is 1. The van der Waals surface area contributed by atoms with Crippen LogP contribution in [0.5, 0.6) is 0 Å². The molecule has 0 aliphatic carbocycles. The molecule has 0 bridgehead atoms. The number of carbonyl (C=O) groups excluding carboxylic acids is 2. The summed E-state index contributed by atoms with van der Waals surface area (Å²) in [6.45, 7) is 0.991. The quantitative estimate of drug-likeness (QED) is 0.157. The number of imidazole rings is 1. The van der Waals surface area contributed by atoms with Gasteiger partial charge in [0.15, 0.2) is 22.9 Å². The Bertz CT molecular complexity index is 1700. The first-order chi connectivity index (χ1) is 20.8. The van der Waals surface area contributed by atoms with Crippen molar-refractivity contribution in [3.05, 3.63) is 59.8 Å². The van der Waals surface area contributed by atoms with Crippen molar-refractivity contribution in [3.8, 4) is 11.3 Å². The first-order valence-corrected chi connectivity index (χ1v) is 13.4. The maximum Gasteiger partial charge on any atom is 0.435 e. The zero-order chi connectivity index (χ0) is 31.8. The van der Waals surface area contributed by atoms with E-state index in [0.717, 1.165) is 6.20 Å². The van der Waals surface area contributed by atoms with E-state index in [1.807, 2.05) is 6.92 Å². The van der Waals surface area contributed by atoms with Crippen molar-refractivity contribution in [1.82, 2.24) is 39.7 Å². The molecule has 5 rings (SSSR count). The summed E-state index contributed by atoms with van der Waals surface area (Å²) < 4.78 is 68.8. The van der Waals surface area contributed by atoms with E-state index in [2.05, 4.69) is 31.0 Å². The van der Waals surface area contributed by atoms with Gasteiger partial charge in [-0.05, 0) is 30.2 Å². The van der Waals surface area contributed by atoms with Crippen molar-refractivity contribution >= 4 is 29.0 Å². The summed E-state index contributed by atoms with van der Waals surface area (Å²) in [6, 6.07) is 4.84. The Balaban J connectivity index is 1.36. The maximum absolute atomic E-state index is 13.7. The zero-order valence-corrected chi connectivity index (χ0v) is 23.5. The normalized spacial score (nSPS) is 14.5. The number of nitrogens with one attached hydrogen (secondary N) is 3. The lowest BCUT2D eigenvalue weighted by molar-refractivity contribution is -0.165. The molecule has 0 radical (unpaired) electrons. The molecule has 1 aliphatic heterocycles. The molecular weight excluding hydrogens is 593 g/mol. The second-order valence-electron chi connectivity index (χ2n) is 10.2. The van der Waals surface area contributed by atoms with E-state index in [0.29, 0.717) is 27.9 Å². The Morgan fingerprint density at radius 3 is 2.61 bits per heavy atom. The number of halogens is 5. The first-order valence-electron chi connectivity index (χ1n) is 13.4. The Morgan fingerprint density at radius 1 is 1.23 bits per heavy atom. The Morgan fingerprint density at radius 2 is 1.98 bits per heavy atom. The van der Waals surface area contributed by atoms with Crippen molar-refractivity contribution in [3.63, 3.8) is 0 Å². The number of anilines is 2. The van der Waals surface area contributed by atoms with Gasteiger partial charge in [0.1, 0.15) is 6.54 Å². The number of aliphatic hydroxyl groups is 1. The summed E-state index contributed by atoms with van der Waals surface area (Å²) in [5.41, 5.74) is -1.44. The van der Waals surface area contributed by atoms with E-state index in [1.54, 1.807) is 18.2 Å². The van der Waals surface area contributed by atoms with E-state index >= 15 is 0 Å². The van der Waals surface area contributed by atoms with Crippen molar-refractivity contribution < 1.29 is 36.6 Å². The molecule has 0 unspecified atom stereocenters. The second kappa shape index (κ2) is 11.8. The van der Waals surface area contributed by atoms with E-state index in [9.17, 15) is 36.6 Å². The smallest absolute Gasteiger partial charge is 0.368 e. The van der Waals surface area contributed by atoms with Gasteiger partial charge in [0.2, 0.25) is 5.91 Å². The highest BCUT2D eigenvalue weighted by Crippen LogP contribution is 2.37. The number of benzene rings is 1. The van der Waals surface area contributed by atoms with Crippen molar-refractivity contribution in [2.75, 3.05) is 32.0 Å². The van der Waals surface area contributed by atoms with Crippen LogP contribution in [-0.2, 0) is 23.9 Å². The van der Waals surface area contributed by atoms with Crippen LogP contribution in [0.25, 0.3) is 16.9 Å². The van der Waals surface area contributed by atoms with Gasteiger partial charge in [-0.1, -0.05) is 6.92 Å². The highest BCUT2D eigenvalue weighted by molar-refractivity contribution is 5.98. The summed E-state index contributed by atoms with van der Waals surface area (Å²) in [5.74, 6) is -0.760. The molecule has 17 heteroatoms. The Hall–Kier alpha value is -4.64. The van der Waals surface area contributed by atoms with Crippen LogP contribution in [0.2, 0.25) is 0 Å². The summed E-state index contributed by atoms with van der Waals surface area (Å²) in [7, 11) is 1.46. The number of β-amino-alcohol motifs (C(OH)–C–C–N with tert-alkyl or cyclic N) is 1. The Kier molecular flexibility index (Phi) is 8.26. The fraction of sp³-hybridized carbons (Fsp3) is 0.370. The fourth-order valence-corrected chi connectivity index (χ4v) is 4.77. The minimum absolute atomic E-state index is 0.0274. The summed E-state index contributed by atoms with van der Waals surface area (Å²) >= 11 is 0. The molecule has 234 valence electrons. The molecular formula is C27H28F5N9O3. The van der Waals surface area contributed by atoms with E-state index in [-0.39, 0.29) is 36.8 Å². The average Bonchev–Trinajstić information content (AvgIpc) is 3.58. The number of hydrogen-bond donors (Lipinski definition) is 4. The first kappa shape index (κ1) is 30.8. The minimum Gasteiger partial charge on any atom is -0.368 e. The monoisotopic (exact) mass is 621 g/mol. The third-order valence-electron chi connectivity index (χ3n) is 7.27. The maximum atomic E-state index is 13.7. The molecule has 44 heavy (non-hydrogen) atoms. The summed E-state index contributed by atoms with van der Waals surface area (Å²) in [5, 5.41) is 22.2. The molecule has 12 nitrogen and oxygen atoms in total. The molecule has 0 spiro atoms. The molecule has 0 saturated carbocycles. The molecule has 1 saturated heterocycles. The third kappa shape index (κ3) is 6.05. The lowest BCUT2D eigenvalue weighted by atomic mass is 10.0. The van der Waals surface area contributed by atoms with Gasteiger partial charge >= 0.3 is 6.18 Å². The lowest BCUT2D eigenvalue weighted by Gasteiger charge is -2.44. The van der Waals surface area contributed by atoms with Gasteiger partial charge in [-0.15, -0.1) is 0 Å². The molecule has 0 atom stereocenters. The van der Waals surface area contributed by atoms with Crippen molar-refractivity contribution in [2.24, 2.45) is 0 Å². The highest BCUT2D eigenvalue weighted by Gasteiger charge is 2.41. The number of carbonyl (C=O) groups is 2. The average molecular weight is 622 g/mol. The third-order valence-corrected chi connectivity index (χ3v) is 7.27. The summed E-state index contributed by atoms with van der Waals surface area (Å²) in [6.07, 6.45) is -2.55. The van der Waals surface area contributed by atoms with Crippen molar-refractivity contribution in [1.29, 1.82) is 0 Å². The number of aromatic nitrogens is 5. The highest BCUT2D eigenvalue weighted by atomic mass is 19.4. The number of alkyl halides is 5. The van der Waals surface area contributed by atoms with Gasteiger partial charge in [0, 0.05) is 50.0 Å². The van der Waals surface area contributed by atoms with Gasteiger partial charge in [0.25, 0.3) is 12.3 Å². The molecule has 4 heterocycles. The number of nitrogens with zero attached hydrogens (tertiary/aromatic N) is 6. The number of rotatable bonds is 10. The number of aryl methyl sites for hydroxylation is 1. The van der Waals surface area contributed by atoms with Gasteiger partial charge in [0.05, 0.1) is 24.0 Å². The predicted molar refractivity (Wildman–Crippen MR) is 147 cm³/mol. The van der Waals surface area contributed by atoms with Crippen LogP contribution in [0.1, 0.15) is 28.5 Å². The van der Waals surface area contributed by atoms with Crippen LogP contribution in [0.15, 0.2) is 43.0 Å². The minimum atomic E-state index is -4.90. The van der Waals surface area contributed by atoms with Crippen LogP contribution in [0.3, 0.4) is 0 Å². The number of likely N-dealkylation sites (N-methyl/N-ethyl adjacent to an activating group) is 1. The zero-order valence-electron chi connectivity index (χ0n) is 23.5. The van der Waals surface area contributed by atoms with Gasteiger partial charge < -0.3 is 26.0 Å². The van der Waals surface area contributed by atoms with Crippen LogP contribution in [0, 0.1) is 0 Å². The lowest BCUT2D eigenvalue weighted by Crippen LogP contribution is -2.69. The van der Waals surface area contributed by atoms with Crippen LogP contribution in [-0.4, -0.2) is 84.8 Å². The number of hydrogen-bond acceptors (Lipinski definition) is 8. The standard InChI is InChI=1S/C27H28F5N9O3/c1-3-15-8-16(4-5-17(15)25(43)36-10-21(42)39(2)26(44)13-33-14-26)37-23-24-35-9-19(41(24)7-6-34-23)18-11-40(12-20(28)29)38-22(18)27(30,31)32/h4-9,11,20,33,44H,3,10,12-14H2,1-2H3,(H,34,37)(H,36,43). The second-order valence-corrected chi connectivity index (χ2v) is 10.2. The van der Waals surface area contributed by atoms with Gasteiger partial charge in [-0.2, -0.15) is 18.3 Å². The van der Waals surface area contributed by atoms with E-state index < -0.39 is 47.9 Å². The molecule has 4 aromatic rings. The summed E-state index contributed by atoms with van der Waals surface area (Å²) in [4.78, 5) is 35.0. The molecule has 3 aromatic heterocycles. The fourth-order valence-electron chi connectivity index (χ4n) is 4.77. The SMILES string of the molecule is CCc1cc(Nc2nccn3c(-c4cn(CC(F)F)nc4C(F)(F)F)cnc23)ccc1C(=O)NCC(=O)N(C)C1(O)CNC1. The Labute approximate surface area is 246 Å². The van der Waals surface area contributed by atoms with Crippen molar-refractivity contribution in [2.45, 2.75) is 38.2 Å². The molecule has 2 amide bonds. The topological polar surface area (TPSA) is 142 Å². The predicted octanol–water partition coefficient (Wildman–Crippen LogP) is 2.66. The van der Waals surface area contributed by atoms with Crippen LogP contribution in [0.4, 0.5) is 33.5 Å². The molecule has 1 aromatic carbocycles. The van der Waals surface area contributed by atoms with Crippen LogP contribution >= 0.6 is 0 Å². The number of amides is 2. The van der Waals surface area contributed by atoms with E-state index in [1.165, 1.54) is 34.9 Å². The largest absolute Gasteiger partial charge is 0.435 e. The molecule has 1 aliphatic rings. The van der Waals surface area contributed by atoms with E-state index in [4.69, 9.17) is 0 Å². The van der Waals surface area contributed by atoms with Gasteiger partial charge in [-0.25, -0.2) is 18.7 Å². The van der Waals surface area contributed by atoms with Gasteiger partial charge in [-0.3, -0.25) is 18.7 Å².